The monoisotopic (exact) mass is 598 g/mol. The number of nitrogens with one attached hydrogen (secondary N) is 1. The van der Waals surface area contributed by atoms with Gasteiger partial charge in [-0.05, 0) is 98.6 Å². The van der Waals surface area contributed by atoms with Crippen LogP contribution >= 0.6 is 11.9 Å². The Hall–Kier alpha value is -2.20. The number of benzene rings is 1. The predicted octanol–water partition coefficient (Wildman–Crippen LogP) is 5.64. The molecule has 0 unspecified atom stereocenters. The summed E-state index contributed by atoms with van der Waals surface area (Å²) in [6, 6.07) is 4.09. The van der Waals surface area contributed by atoms with E-state index in [9.17, 15) is 9.59 Å². The van der Waals surface area contributed by atoms with Crippen molar-refractivity contribution in [2.45, 2.75) is 91.0 Å². The SMILES string of the molecule is CCCCC1CCC(C2=NC3(CCN(S/C=C/c4c(C)cc(N(CCOCCO)C(C)=O)cc4C)CC3)C(=O)N2)CC1. The van der Waals surface area contributed by atoms with E-state index in [4.69, 9.17) is 14.8 Å². The number of aliphatic hydroxyl groups is 1. The molecule has 1 aromatic carbocycles. The lowest BCUT2D eigenvalue weighted by Crippen LogP contribution is -2.47. The van der Waals surface area contributed by atoms with E-state index in [0.29, 0.717) is 19.1 Å². The van der Waals surface area contributed by atoms with Crippen molar-refractivity contribution in [3.63, 3.8) is 0 Å². The number of nitrogens with zero attached hydrogens (tertiary/aromatic N) is 3. The standard InChI is InChI=1S/C33H50N4O4S/c1-5-6-7-27-8-10-28(11-9-27)31-34-32(40)33(35-31)13-15-36(16-14-33)42-21-12-30-24(2)22-29(23-25(30)3)37(26(4)39)17-19-41-20-18-38/h12,21-23,27-28,38H,5-11,13-20H2,1-4H3,(H,34,35,40)/b21-12+. The summed E-state index contributed by atoms with van der Waals surface area (Å²) in [5.74, 6) is 2.30. The van der Waals surface area contributed by atoms with Gasteiger partial charge in [-0.1, -0.05) is 38.1 Å². The van der Waals surface area contributed by atoms with Gasteiger partial charge in [0.05, 0.1) is 19.8 Å². The molecule has 1 spiro atoms. The third-order valence-electron chi connectivity index (χ3n) is 9.16. The molecule has 2 fully saturated rings. The van der Waals surface area contributed by atoms with Crippen LogP contribution < -0.4 is 10.2 Å². The van der Waals surface area contributed by atoms with Gasteiger partial charge in [-0.3, -0.25) is 14.6 Å². The number of aryl methyl sites for hydroxylation is 2. The average molecular weight is 599 g/mol. The van der Waals surface area contributed by atoms with Crippen molar-refractivity contribution in [3.05, 3.63) is 34.2 Å². The molecule has 9 heteroatoms. The van der Waals surface area contributed by atoms with E-state index in [1.54, 1.807) is 23.8 Å². The number of hydrogen-bond acceptors (Lipinski definition) is 7. The van der Waals surface area contributed by atoms with Crippen LogP contribution in [0, 0.1) is 25.7 Å². The van der Waals surface area contributed by atoms with Gasteiger partial charge in [0.15, 0.2) is 0 Å². The van der Waals surface area contributed by atoms with E-state index in [2.05, 4.69) is 41.9 Å². The molecule has 1 saturated heterocycles. The number of amides is 2. The summed E-state index contributed by atoms with van der Waals surface area (Å²) in [7, 11) is 0. The fourth-order valence-corrected chi connectivity index (χ4v) is 7.36. The highest BCUT2D eigenvalue weighted by Crippen LogP contribution is 2.38. The van der Waals surface area contributed by atoms with Crippen LogP contribution in [0.25, 0.3) is 6.08 Å². The molecule has 1 aliphatic carbocycles. The molecule has 0 radical (unpaired) electrons. The van der Waals surface area contributed by atoms with Crippen LogP contribution in [0.2, 0.25) is 0 Å². The third kappa shape index (κ3) is 8.24. The Bertz CT molecular complexity index is 1110. The first-order valence-electron chi connectivity index (χ1n) is 15.8. The first kappa shape index (κ1) is 32.7. The summed E-state index contributed by atoms with van der Waals surface area (Å²) in [6.07, 6.45) is 12.4. The number of anilines is 1. The summed E-state index contributed by atoms with van der Waals surface area (Å²) in [5, 5.41) is 14.2. The molecule has 8 nitrogen and oxygen atoms in total. The van der Waals surface area contributed by atoms with Crippen LogP contribution in [0.4, 0.5) is 5.69 Å². The molecule has 1 saturated carbocycles. The molecule has 2 N–H and O–H groups in total. The number of aliphatic hydroxyl groups excluding tert-OH is 1. The van der Waals surface area contributed by atoms with Gasteiger partial charge < -0.3 is 20.1 Å². The molecule has 232 valence electrons. The number of piperidine rings is 1. The van der Waals surface area contributed by atoms with E-state index >= 15 is 0 Å². The largest absolute Gasteiger partial charge is 0.394 e. The van der Waals surface area contributed by atoms with E-state index < -0.39 is 5.54 Å². The summed E-state index contributed by atoms with van der Waals surface area (Å²) >= 11 is 1.69. The normalized spacial score (nSPS) is 22.5. The van der Waals surface area contributed by atoms with Gasteiger partial charge in [-0.2, -0.15) is 0 Å². The van der Waals surface area contributed by atoms with Crippen LogP contribution in [0.15, 0.2) is 22.5 Å². The van der Waals surface area contributed by atoms with Crippen molar-refractivity contribution in [1.29, 1.82) is 0 Å². The summed E-state index contributed by atoms with van der Waals surface area (Å²) in [4.78, 5) is 32.2. The van der Waals surface area contributed by atoms with Crippen molar-refractivity contribution in [2.75, 3.05) is 44.4 Å². The molecular formula is C33H50N4O4S. The second-order valence-corrected chi connectivity index (χ2v) is 13.2. The number of ether oxygens (including phenoxy) is 1. The molecule has 0 bridgehead atoms. The molecule has 2 amide bonds. The molecule has 1 aromatic rings. The number of carbonyl (C=O) groups is 2. The van der Waals surface area contributed by atoms with Gasteiger partial charge >= 0.3 is 0 Å². The zero-order valence-electron chi connectivity index (χ0n) is 26.0. The van der Waals surface area contributed by atoms with Crippen molar-refractivity contribution >= 4 is 41.4 Å². The fourth-order valence-electron chi connectivity index (χ4n) is 6.60. The molecule has 4 rings (SSSR count). The Balaban J connectivity index is 1.29. The lowest BCUT2D eigenvalue weighted by molar-refractivity contribution is -0.125. The third-order valence-corrected chi connectivity index (χ3v) is 10.1. The predicted molar refractivity (Wildman–Crippen MR) is 173 cm³/mol. The second-order valence-electron chi connectivity index (χ2n) is 12.2. The Labute approximate surface area is 256 Å². The van der Waals surface area contributed by atoms with E-state index in [-0.39, 0.29) is 25.0 Å². The maximum absolute atomic E-state index is 13.1. The molecular weight excluding hydrogens is 548 g/mol. The first-order valence-corrected chi connectivity index (χ1v) is 16.7. The number of unbranched alkanes of at least 4 members (excludes halogenated alkanes) is 1. The maximum atomic E-state index is 13.1. The highest BCUT2D eigenvalue weighted by atomic mass is 32.2. The van der Waals surface area contributed by atoms with Crippen LogP contribution in [-0.2, 0) is 14.3 Å². The smallest absolute Gasteiger partial charge is 0.253 e. The van der Waals surface area contributed by atoms with Gasteiger partial charge in [-0.25, -0.2) is 4.31 Å². The van der Waals surface area contributed by atoms with Crippen molar-refractivity contribution in [3.8, 4) is 0 Å². The second kappa shape index (κ2) is 15.5. The molecule has 0 atom stereocenters. The highest BCUT2D eigenvalue weighted by Gasteiger charge is 2.47. The summed E-state index contributed by atoms with van der Waals surface area (Å²) in [5.41, 5.74) is 3.63. The first-order chi connectivity index (χ1) is 20.3. The van der Waals surface area contributed by atoms with Gasteiger partial charge in [0.25, 0.3) is 5.91 Å². The quantitative estimate of drug-likeness (QED) is 0.225. The van der Waals surface area contributed by atoms with Crippen molar-refractivity contribution in [2.24, 2.45) is 16.8 Å². The minimum absolute atomic E-state index is 0.0279. The number of hydrogen-bond donors (Lipinski definition) is 2. The average Bonchev–Trinajstić information content (AvgIpc) is 3.29. The summed E-state index contributed by atoms with van der Waals surface area (Å²) < 4.78 is 7.70. The highest BCUT2D eigenvalue weighted by molar-refractivity contribution is 8.00. The minimum Gasteiger partial charge on any atom is -0.394 e. The van der Waals surface area contributed by atoms with Gasteiger partial charge in [0.2, 0.25) is 5.91 Å². The van der Waals surface area contributed by atoms with Crippen LogP contribution in [0.3, 0.4) is 0 Å². The van der Waals surface area contributed by atoms with Crippen LogP contribution in [-0.4, -0.2) is 72.1 Å². The molecule has 2 heterocycles. The number of amidine groups is 1. The summed E-state index contributed by atoms with van der Waals surface area (Å²) in [6.45, 7) is 10.7. The zero-order chi connectivity index (χ0) is 30.1. The molecule has 42 heavy (non-hydrogen) atoms. The molecule has 2 aliphatic heterocycles. The Morgan fingerprint density at radius 1 is 1.19 bits per heavy atom. The fraction of sp³-hybridized carbons (Fsp3) is 0.667. The van der Waals surface area contributed by atoms with Crippen molar-refractivity contribution < 1.29 is 19.4 Å². The number of rotatable bonds is 13. The van der Waals surface area contributed by atoms with Crippen LogP contribution in [0.5, 0.6) is 0 Å². The Kier molecular flexibility index (Phi) is 12.1. The topological polar surface area (TPSA) is 94.5 Å². The van der Waals surface area contributed by atoms with Gasteiger partial charge in [0, 0.05) is 38.2 Å². The van der Waals surface area contributed by atoms with Crippen molar-refractivity contribution in [1.82, 2.24) is 9.62 Å². The Morgan fingerprint density at radius 3 is 2.50 bits per heavy atom. The lowest BCUT2D eigenvalue weighted by Gasteiger charge is -2.34. The zero-order valence-corrected chi connectivity index (χ0v) is 26.8. The molecule has 0 aromatic heterocycles. The molecule has 3 aliphatic rings. The van der Waals surface area contributed by atoms with Gasteiger partial charge in [-0.15, -0.1) is 0 Å². The van der Waals surface area contributed by atoms with E-state index in [0.717, 1.165) is 72.9 Å². The van der Waals surface area contributed by atoms with E-state index in [1.165, 1.54) is 32.1 Å². The maximum Gasteiger partial charge on any atom is 0.253 e. The van der Waals surface area contributed by atoms with Crippen LogP contribution in [0.1, 0.15) is 88.3 Å². The number of carbonyl (C=O) groups excluding carboxylic acids is 2. The van der Waals surface area contributed by atoms with E-state index in [1.807, 2.05) is 12.1 Å². The lowest BCUT2D eigenvalue weighted by atomic mass is 9.79. The van der Waals surface area contributed by atoms with Gasteiger partial charge in [0.1, 0.15) is 11.4 Å². The minimum atomic E-state index is -0.579. The number of aliphatic imine (C=N–C) groups is 1. The Morgan fingerprint density at radius 2 is 1.88 bits per heavy atom.